The molecule has 2 nitrogen and oxygen atoms in total. The van der Waals surface area contributed by atoms with E-state index in [-0.39, 0.29) is 0 Å². The van der Waals surface area contributed by atoms with Crippen molar-refractivity contribution in [3.05, 3.63) is 40.6 Å². The van der Waals surface area contributed by atoms with Gasteiger partial charge in [0.25, 0.3) is 0 Å². The lowest BCUT2D eigenvalue weighted by Crippen LogP contribution is -1.96. The number of aromatic nitrogens is 1. The highest BCUT2D eigenvalue weighted by Gasteiger charge is 2.10. The van der Waals surface area contributed by atoms with Crippen LogP contribution in [0.5, 0.6) is 0 Å². The molecule has 3 heteroatoms. The molecule has 0 radical (unpaired) electrons. The molecule has 0 saturated carbocycles. The zero-order valence-corrected chi connectivity index (χ0v) is 9.32. The van der Waals surface area contributed by atoms with Gasteiger partial charge < -0.3 is 5.11 Å². The minimum atomic E-state index is -0.547. The molecule has 0 aliphatic rings. The molecular formula is C11H10BrNO. The van der Waals surface area contributed by atoms with Crippen molar-refractivity contribution in [1.29, 1.82) is 0 Å². The van der Waals surface area contributed by atoms with Gasteiger partial charge in [0.15, 0.2) is 0 Å². The van der Waals surface area contributed by atoms with Gasteiger partial charge in [0.2, 0.25) is 0 Å². The van der Waals surface area contributed by atoms with Crippen molar-refractivity contribution in [2.45, 2.75) is 13.0 Å². The van der Waals surface area contributed by atoms with E-state index in [2.05, 4.69) is 20.9 Å². The molecule has 1 aromatic heterocycles. The maximum absolute atomic E-state index is 9.47. The van der Waals surface area contributed by atoms with Crippen LogP contribution in [-0.2, 0) is 0 Å². The second-order valence-corrected chi connectivity index (χ2v) is 4.01. The molecule has 14 heavy (non-hydrogen) atoms. The quantitative estimate of drug-likeness (QED) is 0.846. The first-order valence-corrected chi connectivity index (χ1v) is 5.20. The lowest BCUT2D eigenvalue weighted by molar-refractivity contribution is 0.193. The molecule has 0 saturated heterocycles. The Morgan fingerprint density at radius 2 is 2.07 bits per heavy atom. The molecule has 0 aliphatic heterocycles. The summed E-state index contributed by atoms with van der Waals surface area (Å²) in [6.07, 6.45) is 1.23. The third-order valence-electron chi connectivity index (χ3n) is 2.16. The number of fused-ring (bicyclic) bond motifs is 1. The highest BCUT2D eigenvalue weighted by Crippen LogP contribution is 2.28. The normalized spacial score (nSPS) is 13.1. The van der Waals surface area contributed by atoms with Crippen molar-refractivity contribution in [2.24, 2.45) is 0 Å². The number of aliphatic hydroxyl groups excluding tert-OH is 1. The molecule has 0 fully saturated rings. The Kier molecular flexibility index (Phi) is 2.52. The average molecular weight is 252 g/mol. The van der Waals surface area contributed by atoms with Crippen LogP contribution in [0.4, 0.5) is 0 Å². The van der Waals surface area contributed by atoms with Gasteiger partial charge in [-0.3, -0.25) is 4.98 Å². The number of benzene rings is 1. The van der Waals surface area contributed by atoms with Crippen molar-refractivity contribution >= 4 is 26.7 Å². The smallest absolute Gasteiger partial charge is 0.0943 e. The predicted molar refractivity (Wildman–Crippen MR) is 60.1 cm³/mol. The van der Waals surface area contributed by atoms with Gasteiger partial charge in [-0.1, -0.05) is 24.3 Å². The van der Waals surface area contributed by atoms with Crippen LogP contribution in [0.2, 0.25) is 0 Å². The van der Waals surface area contributed by atoms with E-state index in [0.29, 0.717) is 5.69 Å². The van der Waals surface area contributed by atoms with Gasteiger partial charge in [-0.05, 0) is 28.2 Å². The van der Waals surface area contributed by atoms with Crippen LogP contribution in [-0.4, -0.2) is 10.1 Å². The van der Waals surface area contributed by atoms with E-state index in [4.69, 9.17) is 0 Å². The fraction of sp³-hybridized carbons (Fsp3) is 0.182. The van der Waals surface area contributed by atoms with Crippen molar-refractivity contribution < 1.29 is 5.11 Å². The summed E-state index contributed by atoms with van der Waals surface area (Å²) in [7, 11) is 0. The Morgan fingerprint density at radius 1 is 1.36 bits per heavy atom. The molecule has 1 heterocycles. The Bertz CT molecular complexity index is 468. The van der Waals surface area contributed by atoms with Crippen LogP contribution in [0, 0.1) is 0 Å². The van der Waals surface area contributed by atoms with Gasteiger partial charge in [-0.2, -0.15) is 0 Å². The first-order chi connectivity index (χ1) is 6.70. The van der Waals surface area contributed by atoms with E-state index < -0.39 is 6.10 Å². The standard InChI is InChI=1S/C11H10BrNO/c1-7(14)11-10(12)9-5-3-2-4-8(9)6-13-11/h2-7,14H,1H3. The molecule has 1 aromatic carbocycles. The Labute approximate surface area is 90.7 Å². The molecule has 1 N–H and O–H groups in total. The van der Waals surface area contributed by atoms with E-state index in [1.165, 1.54) is 0 Å². The number of halogens is 1. The summed E-state index contributed by atoms with van der Waals surface area (Å²) < 4.78 is 0.880. The number of aliphatic hydroxyl groups is 1. The first-order valence-electron chi connectivity index (χ1n) is 4.41. The minimum Gasteiger partial charge on any atom is -0.387 e. The number of nitrogens with zero attached hydrogens (tertiary/aromatic N) is 1. The van der Waals surface area contributed by atoms with Crippen LogP contribution in [0.15, 0.2) is 34.9 Å². The van der Waals surface area contributed by atoms with Crippen molar-refractivity contribution in [3.63, 3.8) is 0 Å². The third-order valence-corrected chi connectivity index (χ3v) is 2.99. The van der Waals surface area contributed by atoms with Crippen LogP contribution >= 0.6 is 15.9 Å². The molecule has 0 spiro atoms. The largest absolute Gasteiger partial charge is 0.387 e. The zero-order valence-electron chi connectivity index (χ0n) is 7.74. The predicted octanol–water partition coefficient (Wildman–Crippen LogP) is 3.05. The summed E-state index contributed by atoms with van der Waals surface area (Å²) in [5.74, 6) is 0. The van der Waals surface area contributed by atoms with E-state index in [9.17, 15) is 5.11 Å². The third kappa shape index (κ3) is 1.53. The summed E-state index contributed by atoms with van der Waals surface area (Å²) in [6.45, 7) is 1.71. The molecule has 72 valence electrons. The molecular weight excluding hydrogens is 242 g/mol. The van der Waals surface area contributed by atoms with E-state index in [1.54, 1.807) is 13.1 Å². The van der Waals surface area contributed by atoms with Gasteiger partial charge in [-0.15, -0.1) is 0 Å². The van der Waals surface area contributed by atoms with Crippen molar-refractivity contribution in [3.8, 4) is 0 Å². The van der Waals surface area contributed by atoms with Crippen LogP contribution in [0.1, 0.15) is 18.7 Å². The number of hydrogen-bond acceptors (Lipinski definition) is 2. The summed E-state index contributed by atoms with van der Waals surface area (Å²) in [6, 6.07) is 7.95. The Morgan fingerprint density at radius 3 is 2.79 bits per heavy atom. The van der Waals surface area contributed by atoms with E-state index in [0.717, 1.165) is 15.2 Å². The second-order valence-electron chi connectivity index (χ2n) is 3.22. The zero-order chi connectivity index (χ0) is 10.1. The second kappa shape index (κ2) is 3.67. The number of hydrogen-bond donors (Lipinski definition) is 1. The van der Waals surface area contributed by atoms with E-state index in [1.807, 2.05) is 24.3 Å². The van der Waals surface area contributed by atoms with Crippen molar-refractivity contribution in [1.82, 2.24) is 4.98 Å². The van der Waals surface area contributed by atoms with Crippen LogP contribution in [0.25, 0.3) is 10.8 Å². The number of rotatable bonds is 1. The van der Waals surface area contributed by atoms with Crippen molar-refractivity contribution in [2.75, 3.05) is 0 Å². The SMILES string of the molecule is CC(O)c1ncc2ccccc2c1Br. The lowest BCUT2D eigenvalue weighted by atomic mass is 10.1. The van der Waals surface area contributed by atoms with Gasteiger partial charge >= 0.3 is 0 Å². The monoisotopic (exact) mass is 251 g/mol. The maximum Gasteiger partial charge on any atom is 0.0943 e. The van der Waals surface area contributed by atoms with Crippen LogP contribution < -0.4 is 0 Å². The van der Waals surface area contributed by atoms with Gasteiger partial charge in [0.05, 0.1) is 11.8 Å². The molecule has 2 rings (SSSR count). The summed E-state index contributed by atoms with van der Waals surface area (Å²) in [5, 5.41) is 11.6. The highest BCUT2D eigenvalue weighted by atomic mass is 79.9. The fourth-order valence-electron chi connectivity index (χ4n) is 1.43. The summed E-state index contributed by atoms with van der Waals surface area (Å²) in [4.78, 5) is 4.21. The summed E-state index contributed by atoms with van der Waals surface area (Å²) >= 11 is 3.46. The van der Waals surface area contributed by atoms with E-state index >= 15 is 0 Å². The Balaban J connectivity index is 2.75. The number of pyridine rings is 1. The molecule has 2 aromatic rings. The minimum absolute atomic E-state index is 0.547. The first kappa shape index (κ1) is 9.62. The Hall–Kier alpha value is -0.930. The van der Waals surface area contributed by atoms with Gasteiger partial charge in [-0.25, -0.2) is 0 Å². The van der Waals surface area contributed by atoms with Gasteiger partial charge in [0.1, 0.15) is 0 Å². The molecule has 1 unspecified atom stereocenters. The molecule has 0 aliphatic carbocycles. The fourth-order valence-corrected chi connectivity index (χ4v) is 2.23. The highest BCUT2D eigenvalue weighted by molar-refractivity contribution is 9.10. The lowest BCUT2D eigenvalue weighted by Gasteiger charge is -2.08. The van der Waals surface area contributed by atoms with Gasteiger partial charge in [0, 0.05) is 16.1 Å². The molecule has 0 bridgehead atoms. The summed E-state index contributed by atoms with van der Waals surface area (Å²) in [5.41, 5.74) is 0.684. The molecule has 0 amide bonds. The maximum atomic E-state index is 9.47. The molecule has 1 atom stereocenters. The topological polar surface area (TPSA) is 33.1 Å². The van der Waals surface area contributed by atoms with Crippen LogP contribution in [0.3, 0.4) is 0 Å². The average Bonchev–Trinajstić information content (AvgIpc) is 2.18.